The van der Waals surface area contributed by atoms with Gasteiger partial charge in [0.1, 0.15) is 5.82 Å². The van der Waals surface area contributed by atoms with Crippen molar-refractivity contribution < 1.29 is 4.39 Å². The van der Waals surface area contributed by atoms with Crippen molar-refractivity contribution in [3.63, 3.8) is 0 Å². The lowest BCUT2D eigenvalue weighted by Crippen LogP contribution is -2.14. The van der Waals surface area contributed by atoms with Gasteiger partial charge in [0.05, 0.1) is 6.04 Å². The number of benzene rings is 3. The molecule has 1 nitrogen and oxygen atoms in total. The first kappa shape index (κ1) is 12.8. The molecule has 3 rings (SSSR count). The molecule has 3 aromatic carbocycles. The second-order valence-electron chi connectivity index (χ2n) is 5.02. The van der Waals surface area contributed by atoms with E-state index in [2.05, 4.69) is 0 Å². The summed E-state index contributed by atoms with van der Waals surface area (Å²) in [7, 11) is 0. The number of aryl methyl sites for hydroxylation is 1. The van der Waals surface area contributed by atoms with Crippen LogP contribution in [0, 0.1) is 12.7 Å². The van der Waals surface area contributed by atoms with Crippen LogP contribution in [0.3, 0.4) is 0 Å². The van der Waals surface area contributed by atoms with Crippen LogP contribution < -0.4 is 5.73 Å². The minimum Gasteiger partial charge on any atom is -0.320 e. The molecule has 20 heavy (non-hydrogen) atoms. The molecule has 1 unspecified atom stereocenters. The van der Waals surface area contributed by atoms with Gasteiger partial charge in [0, 0.05) is 5.56 Å². The summed E-state index contributed by atoms with van der Waals surface area (Å²) in [6.45, 7) is 1.76. The van der Waals surface area contributed by atoms with Crippen molar-refractivity contribution in [3.05, 3.63) is 83.2 Å². The first-order chi connectivity index (χ1) is 9.68. The molecule has 0 heterocycles. The second kappa shape index (κ2) is 5.06. The summed E-state index contributed by atoms with van der Waals surface area (Å²) in [5, 5.41) is 2.19. The highest BCUT2D eigenvalue weighted by molar-refractivity contribution is 5.86. The molecule has 2 heteroatoms. The van der Waals surface area contributed by atoms with Crippen LogP contribution in [0.15, 0.2) is 60.7 Å². The zero-order chi connectivity index (χ0) is 14.1. The fourth-order valence-electron chi connectivity index (χ4n) is 2.60. The minimum atomic E-state index is -0.457. The molecule has 0 saturated carbocycles. The SMILES string of the molecule is Cc1cccc(C(N)c2cccc3ccccc23)c1F. The quantitative estimate of drug-likeness (QED) is 0.733. The Hall–Kier alpha value is -2.19. The van der Waals surface area contributed by atoms with E-state index in [0.717, 1.165) is 16.3 Å². The molecule has 0 aromatic heterocycles. The van der Waals surface area contributed by atoms with Crippen LogP contribution in [0.5, 0.6) is 0 Å². The summed E-state index contributed by atoms with van der Waals surface area (Å²) < 4.78 is 14.3. The van der Waals surface area contributed by atoms with Gasteiger partial charge in [-0.15, -0.1) is 0 Å². The van der Waals surface area contributed by atoms with Crippen molar-refractivity contribution in [3.8, 4) is 0 Å². The standard InChI is InChI=1S/C18H16FN/c1-12-6-4-11-16(17(12)19)18(20)15-10-5-8-13-7-2-3-9-14(13)15/h2-11,18H,20H2,1H3. The highest BCUT2D eigenvalue weighted by Crippen LogP contribution is 2.29. The molecule has 1 atom stereocenters. The molecule has 0 aliphatic heterocycles. The Morgan fingerprint density at radius 1 is 0.850 bits per heavy atom. The Kier molecular flexibility index (Phi) is 3.25. The van der Waals surface area contributed by atoms with Crippen LogP contribution in [-0.2, 0) is 0 Å². The zero-order valence-electron chi connectivity index (χ0n) is 11.3. The van der Waals surface area contributed by atoms with E-state index < -0.39 is 6.04 Å². The van der Waals surface area contributed by atoms with E-state index in [1.165, 1.54) is 0 Å². The first-order valence-corrected chi connectivity index (χ1v) is 6.67. The number of halogens is 1. The van der Waals surface area contributed by atoms with Gasteiger partial charge in [0.25, 0.3) is 0 Å². The third-order valence-corrected chi connectivity index (χ3v) is 3.72. The van der Waals surface area contributed by atoms with Gasteiger partial charge < -0.3 is 5.73 Å². The highest BCUT2D eigenvalue weighted by Gasteiger charge is 2.16. The number of nitrogens with two attached hydrogens (primary N) is 1. The average molecular weight is 265 g/mol. The summed E-state index contributed by atoms with van der Waals surface area (Å²) >= 11 is 0. The normalized spacial score (nSPS) is 12.6. The monoisotopic (exact) mass is 265 g/mol. The lowest BCUT2D eigenvalue weighted by Gasteiger charge is -2.16. The number of hydrogen-bond acceptors (Lipinski definition) is 1. The van der Waals surface area contributed by atoms with Crippen LogP contribution in [0.2, 0.25) is 0 Å². The first-order valence-electron chi connectivity index (χ1n) is 6.67. The van der Waals surface area contributed by atoms with Crippen LogP contribution in [0.1, 0.15) is 22.7 Å². The van der Waals surface area contributed by atoms with E-state index in [0.29, 0.717) is 11.1 Å². The molecule has 0 saturated heterocycles. The molecule has 0 aliphatic carbocycles. The van der Waals surface area contributed by atoms with Crippen LogP contribution in [-0.4, -0.2) is 0 Å². The molecule has 0 spiro atoms. The molecule has 100 valence electrons. The average Bonchev–Trinajstić information content (AvgIpc) is 2.49. The summed E-state index contributed by atoms with van der Waals surface area (Å²) in [5.74, 6) is -0.215. The van der Waals surface area contributed by atoms with Gasteiger partial charge in [-0.25, -0.2) is 4.39 Å². The van der Waals surface area contributed by atoms with Gasteiger partial charge in [-0.1, -0.05) is 60.7 Å². The summed E-state index contributed by atoms with van der Waals surface area (Å²) in [6.07, 6.45) is 0. The highest BCUT2D eigenvalue weighted by atomic mass is 19.1. The molecule has 0 aliphatic rings. The predicted molar refractivity (Wildman–Crippen MR) is 81.1 cm³/mol. The van der Waals surface area contributed by atoms with Crippen molar-refractivity contribution in [2.24, 2.45) is 5.73 Å². The third kappa shape index (κ3) is 2.08. The van der Waals surface area contributed by atoms with E-state index in [1.807, 2.05) is 48.5 Å². The fraction of sp³-hybridized carbons (Fsp3) is 0.111. The van der Waals surface area contributed by atoms with E-state index in [9.17, 15) is 4.39 Å². The van der Waals surface area contributed by atoms with E-state index in [1.54, 1.807) is 19.1 Å². The van der Waals surface area contributed by atoms with Crippen molar-refractivity contribution in [2.75, 3.05) is 0 Å². The van der Waals surface area contributed by atoms with E-state index >= 15 is 0 Å². The van der Waals surface area contributed by atoms with Crippen molar-refractivity contribution in [1.82, 2.24) is 0 Å². The number of fused-ring (bicyclic) bond motifs is 1. The van der Waals surface area contributed by atoms with Crippen molar-refractivity contribution >= 4 is 10.8 Å². The Morgan fingerprint density at radius 3 is 2.35 bits per heavy atom. The van der Waals surface area contributed by atoms with Gasteiger partial charge in [-0.05, 0) is 28.8 Å². The molecule has 0 amide bonds. The molecule has 0 radical (unpaired) electrons. The van der Waals surface area contributed by atoms with E-state index in [4.69, 9.17) is 5.73 Å². The van der Waals surface area contributed by atoms with Crippen molar-refractivity contribution in [2.45, 2.75) is 13.0 Å². The topological polar surface area (TPSA) is 26.0 Å². The zero-order valence-corrected chi connectivity index (χ0v) is 11.3. The lowest BCUT2D eigenvalue weighted by molar-refractivity contribution is 0.591. The Morgan fingerprint density at radius 2 is 1.50 bits per heavy atom. The Balaban J connectivity index is 2.18. The van der Waals surface area contributed by atoms with Crippen LogP contribution >= 0.6 is 0 Å². The van der Waals surface area contributed by atoms with Gasteiger partial charge in [-0.3, -0.25) is 0 Å². The Labute approximate surface area is 117 Å². The fourth-order valence-corrected chi connectivity index (χ4v) is 2.60. The summed E-state index contributed by atoms with van der Waals surface area (Å²) in [4.78, 5) is 0. The van der Waals surface area contributed by atoms with E-state index in [-0.39, 0.29) is 5.82 Å². The largest absolute Gasteiger partial charge is 0.320 e. The van der Waals surface area contributed by atoms with Gasteiger partial charge in [0.15, 0.2) is 0 Å². The van der Waals surface area contributed by atoms with Crippen LogP contribution in [0.4, 0.5) is 4.39 Å². The molecule has 0 bridgehead atoms. The molecule has 2 N–H and O–H groups in total. The van der Waals surface area contributed by atoms with Gasteiger partial charge >= 0.3 is 0 Å². The maximum absolute atomic E-state index is 14.3. The molecule has 3 aromatic rings. The third-order valence-electron chi connectivity index (χ3n) is 3.72. The molecule has 0 fully saturated rings. The Bertz CT molecular complexity index is 759. The smallest absolute Gasteiger partial charge is 0.131 e. The second-order valence-corrected chi connectivity index (χ2v) is 5.02. The molecular weight excluding hydrogens is 249 g/mol. The predicted octanol–water partition coefficient (Wildman–Crippen LogP) is 4.34. The molecular formula is C18H16FN. The number of rotatable bonds is 2. The van der Waals surface area contributed by atoms with Gasteiger partial charge in [0.2, 0.25) is 0 Å². The minimum absolute atomic E-state index is 0.215. The number of hydrogen-bond donors (Lipinski definition) is 1. The van der Waals surface area contributed by atoms with Gasteiger partial charge in [-0.2, -0.15) is 0 Å². The lowest BCUT2D eigenvalue weighted by atomic mass is 9.93. The summed E-state index contributed by atoms with van der Waals surface area (Å²) in [5.41, 5.74) is 8.43. The van der Waals surface area contributed by atoms with Crippen LogP contribution in [0.25, 0.3) is 10.8 Å². The maximum Gasteiger partial charge on any atom is 0.131 e. The maximum atomic E-state index is 14.3. The van der Waals surface area contributed by atoms with Crippen molar-refractivity contribution in [1.29, 1.82) is 0 Å². The summed E-state index contributed by atoms with van der Waals surface area (Å²) in [6, 6.07) is 18.9.